The molecule has 2 amide bonds. The quantitative estimate of drug-likeness (QED) is 0.357. The van der Waals surface area contributed by atoms with E-state index < -0.39 is 46.8 Å². The summed E-state index contributed by atoms with van der Waals surface area (Å²) in [5.41, 5.74) is 0. The number of imide groups is 1. The lowest BCUT2D eigenvalue weighted by Gasteiger charge is -2.12. The van der Waals surface area contributed by atoms with Crippen LogP contribution in [0.1, 0.15) is 0 Å². The Morgan fingerprint density at radius 2 is 1.62 bits per heavy atom. The van der Waals surface area contributed by atoms with Crippen molar-refractivity contribution in [2.24, 2.45) is 11.8 Å². The number of hydroxylamine groups is 2. The van der Waals surface area contributed by atoms with Gasteiger partial charge in [0.05, 0.1) is 24.0 Å². The highest BCUT2D eigenvalue weighted by molar-refractivity contribution is 7.67. The van der Waals surface area contributed by atoms with Crippen molar-refractivity contribution in [1.82, 2.24) is 5.06 Å². The number of carbonyl (C=O) groups excluding carboxylic acids is 2. The maximum atomic E-state index is 11.7. The monoisotopic (exact) mass is 245 g/mol. The number of rotatable bonds is 2. The van der Waals surface area contributed by atoms with Gasteiger partial charge in [0.15, 0.2) is 0 Å². The molecule has 3 aliphatic rings. The molecule has 0 N–H and O–H groups in total. The summed E-state index contributed by atoms with van der Waals surface area (Å²) in [4.78, 5) is 23.4. The Morgan fingerprint density at radius 3 is 2.06 bits per heavy atom. The van der Waals surface area contributed by atoms with Crippen molar-refractivity contribution in [3.8, 4) is 0 Å². The van der Waals surface area contributed by atoms with Crippen molar-refractivity contribution in [3.05, 3.63) is 12.2 Å². The van der Waals surface area contributed by atoms with Gasteiger partial charge in [0.25, 0.3) is 22.8 Å². The molecule has 0 radical (unpaired) electrons. The van der Waals surface area contributed by atoms with E-state index in [-0.39, 0.29) is 0 Å². The van der Waals surface area contributed by atoms with E-state index in [0.29, 0.717) is 5.06 Å². The second-order valence-corrected chi connectivity index (χ2v) is 4.39. The van der Waals surface area contributed by atoms with E-state index in [4.69, 9.17) is 4.74 Å². The molecule has 0 aromatic heterocycles. The molecule has 0 aromatic carbocycles. The molecule has 8 heteroatoms. The average molecular weight is 245 g/mol. The number of fused-ring (bicyclic) bond motifs is 5. The van der Waals surface area contributed by atoms with Gasteiger partial charge >= 0.3 is 0 Å². The molecule has 0 aromatic rings. The predicted molar refractivity (Wildman–Crippen MR) is 48.0 cm³/mol. The van der Waals surface area contributed by atoms with Crippen molar-refractivity contribution in [2.45, 2.75) is 12.2 Å². The number of hydrogen-bond acceptors (Lipinski definition) is 6. The third kappa shape index (κ3) is 1.11. The van der Waals surface area contributed by atoms with E-state index in [1.54, 1.807) is 12.2 Å². The highest BCUT2D eigenvalue weighted by Gasteiger charge is 2.61. The van der Waals surface area contributed by atoms with Gasteiger partial charge in [0, 0.05) is 0 Å². The van der Waals surface area contributed by atoms with E-state index in [0.717, 1.165) is 0 Å². The van der Waals surface area contributed by atoms with Crippen LogP contribution in [-0.4, -0.2) is 37.5 Å². The van der Waals surface area contributed by atoms with Crippen LogP contribution in [0, 0.1) is 11.8 Å². The van der Waals surface area contributed by atoms with Gasteiger partial charge in [-0.2, -0.15) is 0 Å². The van der Waals surface area contributed by atoms with E-state index >= 15 is 0 Å². The van der Waals surface area contributed by atoms with Crippen molar-refractivity contribution in [3.63, 3.8) is 0 Å². The second-order valence-electron chi connectivity index (χ2n) is 3.78. The van der Waals surface area contributed by atoms with Crippen LogP contribution >= 0.6 is 0 Å². The molecule has 0 spiro atoms. The Bertz CT molecular complexity index is 445. The lowest BCUT2D eigenvalue weighted by Crippen LogP contribution is -2.34. The molecule has 3 rings (SSSR count). The highest BCUT2D eigenvalue weighted by Crippen LogP contribution is 2.45. The molecule has 4 unspecified atom stereocenters. The molecular weight excluding hydrogens is 238 g/mol. The summed E-state index contributed by atoms with van der Waals surface area (Å²) in [6.45, 7) is 0. The van der Waals surface area contributed by atoms with Gasteiger partial charge in [-0.3, -0.25) is 9.59 Å². The molecule has 0 aliphatic carbocycles. The van der Waals surface area contributed by atoms with Crippen molar-refractivity contribution < 1.29 is 27.0 Å². The molecule has 86 valence electrons. The van der Waals surface area contributed by atoms with Gasteiger partial charge in [0.1, 0.15) is 0 Å². The summed E-state index contributed by atoms with van der Waals surface area (Å²) < 4.78 is 30.3. The topological polar surface area (TPSA) is 90.0 Å². The summed E-state index contributed by atoms with van der Waals surface area (Å²) in [5, 5.41) is 0.330. The number of ether oxygens (including phenoxy) is 1. The zero-order valence-corrected chi connectivity index (χ0v) is 8.70. The number of nitrogens with zero attached hydrogens (tertiary/aromatic N) is 1. The minimum Gasteiger partial charge on any atom is -0.365 e. The van der Waals surface area contributed by atoms with Crippen molar-refractivity contribution >= 4 is 22.8 Å². The Hall–Kier alpha value is -1.25. The molecule has 2 fully saturated rings. The Morgan fingerprint density at radius 1 is 1.12 bits per heavy atom. The first-order valence-corrected chi connectivity index (χ1v) is 5.73. The lowest BCUT2D eigenvalue weighted by molar-refractivity contribution is -0.167. The summed E-state index contributed by atoms with van der Waals surface area (Å²) in [6.07, 6.45) is 2.53. The van der Waals surface area contributed by atoms with Gasteiger partial charge in [-0.05, 0) is 0 Å². The first-order valence-electron chi connectivity index (χ1n) is 4.63. The molecule has 16 heavy (non-hydrogen) atoms. The molecule has 7 nitrogen and oxygen atoms in total. The number of amides is 2. The van der Waals surface area contributed by atoms with E-state index in [9.17, 15) is 18.0 Å². The number of carbonyl (C=O) groups is 2. The smallest absolute Gasteiger partial charge is 0.278 e. The van der Waals surface area contributed by atoms with Crippen LogP contribution in [-0.2, 0) is 29.6 Å². The predicted octanol–water partition coefficient (Wildman–Crippen LogP) is -1.62. The molecule has 0 saturated carbocycles. The standard InChI is InChI=1S/C8H7NO6S/c10-7-5-3-1-2-4(14-3)6(5)8(11)9(7)15-16(12)13/h1-6,16H. The molecular formula is C8H7NO6S. The van der Waals surface area contributed by atoms with Crippen LogP contribution in [0.5, 0.6) is 0 Å². The lowest BCUT2D eigenvalue weighted by atomic mass is 9.85. The SMILES string of the molecule is O=C1C2C3C=CC(O3)C2C(=O)N1O[SH](=O)=O. The zero-order chi connectivity index (χ0) is 11.4. The normalized spacial score (nSPS) is 40.2. The van der Waals surface area contributed by atoms with Crippen LogP contribution in [0.15, 0.2) is 12.2 Å². The van der Waals surface area contributed by atoms with Gasteiger partial charge in [-0.15, -0.1) is 9.35 Å². The van der Waals surface area contributed by atoms with Crippen LogP contribution in [0.2, 0.25) is 0 Å². The molecule has 3 aliphatic heterocycles. The van der Waals surface area contributed by atoms with Gasteiger partial charge in [0.2, 0.25) is 0 Å². The van der Waals surface area contributed by atoms with Crippen LogP contribution < -0.4 is 0 Å². The average Bonchev–Trinajstić information content (AvgIpc) is 2.87. The molecule has 2 bridgehead atoms. The van der Waals surface area contributed by atoms with E-state index in [1.165, 1.54) is 0 Å². The third-order valence-electron chi connectivity index (χ3n) is 3.02. The Balaban J connectivity index is 1.94. The fourth-order valence-corrected chi connectivity index (χ4v) is 2.72. The van der Waals surface area contributed by atoms with Gasteiger partial charge in [-0.1, -0.05) is 12.2 Å². The second kappa shape index (κ2) is 3.12. The molecule has 4 atom stereocenters. The minimum absolute atomic E-state index is 0.330. The summed E-state index contributed by atoms with van der Waals surface area (Å²) >= 11 is 0. The van der Waals surface area contributed by atoms with Crippen molar-refractivity contribution in [2.75, 3.05) is 0 Å². The third-order valence-corrected chi connectivity index (χ3v) is 3.32. The fraction of sp³-hybridized carbons (Fsp3) is 0.500. The van der Waals surface area contributed by atoms with Crippen LogP contribution in [0.25, 0.3) is 0 Å². The number of hydrogen-bond donors (Lipinski definition) is 1. The van der Waals surface area contributed by atoms with E-state index in [1.807, 2.05) is 0 Å². The van der Waals surface area contributed by atoms with Crippen LogP contribution in [0.3, 0.4) is 0 Å². The van der Waals surface area contributed by atoms with Crippen molar-refractivity contribution in [1.29, 1.82) is 0 Å². The first kappa shape index (κ1) is 9.94. The Kier molecular flexibility index (Phi) is 1.94. The Labute approximate surface area is 91.7 Å². The fourth-order valence-electron chi connectivity index (χ4n) is 2.42. The zero-order valence-electron chi connectivity index (χ0n) is 7.81. The molecule has 3 heterocycles. The summed E-state index contributed by atoms with van der Waals surface area (Å²) in [6, 6.07) is 0. The maximum Gasteiger partial charge on any atom is 0.278 e. The summed E-state index contributed by atoms with van der Waals surface area (Å²) in [7, 11) is -3.27. The first-order chi connectivity index (χ1) is 7.59. The summed E-state index contributed by atoms with van der Waals surface area (Å²) in [5.74, 6) is -2.58. The number of thiol groups is 1. The van der Waals surface area contributed by atoms with Gasteiger partial charge < -0.3 is 4.74 Å². The largest absolute Gasteiger partial charge is 0.365 e. The van der Waals surface area contributed by atoms with Gasteiger partial charge in [-0.25, -0.2) is 8.42 Å². The molecule has 2 saturated heterocycles. The van der Waals surface area contributed by atoms with E-state index in [2.05, 4.69) is 4.28 Å². The van der Waals surface area contributed by atoms with Crippen LogP contribution in [0.4, 0.5) is 0 Å². The maximum absolute atomic E-state index is 11.7. The minimum atomic E-state index is -3.27. The highest BCUT2D eigenvalue weighted by atomic mass is 32.2.